The third-order valence-corrected chi connectivity index (χ3v) is 4.05. The molecule has 1 heterocycles. The maximum atomic E-state index is 11.8. The van der Waals surface area contributed by atoms with Gasteiger partial charge in [0.1, 0.15) is 0 Å². The molecule has 0 saturated carbocycles. The Balaban J connectivity index is 2.38. The van der Waals surface area contributed by atoms with E-state index in [1.54, 1.807) is 18.2 Å². The molecule has 1 atom stereocenters. The normalized spacial score (nSPS) is 24.7. The number of carbonyl (C=O) groups is 1. The second kappa shape index (κ2) is 5.24. The zero-order valence-corrected chi connectivity index (χ0v) is 12.3. The molecule has 1 saturated heterocycles. The van der Waals surface area contributed by atoms with Crippen molar-refractivity contribution in [3.8, 4) is 0 Å². The quantitative estimate of drug-likeness (QED) is 0.762. The summed E-state index contributed by atoms with van der Waals surface area (Å²) in [7, 11) is 0.720. The van der Waals surface area contributed by atoms with Gasteiger partial charge in [-0.1, -0.05) is 18.2 Å². The highest BCUT2D eigenvalue weighted by atomic mass is 16.7. The van der Waals surface area contributed by atoms with Gasteiger partial charge in [-0.2, -0.15) is 0 Å². The van der Waals surface area contributed by atoms with Crippen LogP contribution in [0.3, 0.4) is 0 Å². The molecule has 0 spiro atoms. The summed E-state index contributed by atoms with van der Waals surface area (Å²) in [5.41, 5.74) is 5.75. The van der Waals surface area contributed by atoms with E-state index in [-0.39, 0.29) is 0 Å². The SMILES string of the molecule is BOC(=O)c1ccccc1B1OC(C)(C)C(C)(CN)O1. The van der Waals surface area contributed by atoms with E-state index in [0.717, 1.165) is 0 Å². The first-order chi connectivity index (χ1) is 9.34. The van der Waals surface area contributed by atoms with Gasteiger partial charge in [0.25, 0.3) is 0 Å². The molecule has 1 aromatic carbocycles. The van der Waals surface area contributed by atoms with Crippen LogP contribution in [-0.4, -0.2) is 38.9 Å². The van der Waals surface area contributed by atoms with Crippen molar-refractivity contribution in [1.29, 1.82) is 0 Å². The van der Waals surface area contributed by atoms with Crippen LogP contribution in [0.4, 0.5) is 0 Å². The van der Waals surface area contributed by atoms with Gasteiger partial charge in [0.15, 0.2) is 0 Å². The minimum Gasteiger partial charge on any atom is -0.540 e. The lowest BCUT2D eigenvalue weighted by atomic mass is 9.76. The standard InChI is InChI=1S/C13H19B2NO4/c1-12(2)13(3,8-16)20-15(19-12)10-7-5-4-6-9(10)11(17)18-14/h4-7H,8,14,16H2,1-3H3. The molecule has 0 radical (unpaired) electrons. The van der Waals surface area contributed by atoms with E-state index in [0.29, 0.717) is 17.6 Å². The fourth-order valence-electron chi connectivity index (χ4n) is 2.21. The van der Waals surface area contributed by atoms with E-state index in [1.807, 2.05) is 26.8 Å². The zero-order chi connectivity index (χ0) is 15.0. The van der Waals surface area contributed by atoms with Gasteiger partial charge in [0.05, 0.1) is 16.8 Å². The molecule has 7 heteroatoms. The van der Waals surface area contributed by atoms with Crippen LogP contribution in [0.5, 0.6) is 0 Å². The second-order valence-corrected chi connectivity index (χ2v) is 5.59. The van der Waals surface area contributed by atoms with Crippen molar-refractivity contribution in [2.45, 2.75) is 32.0 Å². The molecule has 0 aromatic heterocycles. The van der Waals surface area contributed by atoms with Crippen LogP contribution in [0.25, 0.3) is 0 Å². The third-order valence-electron chi connectivity index (χ3n) is 4.05. The number of hydrogen-bond acceptors (Lipinski definition) is 5. The lowest BCUT2D eigenvalue weighted by Crippen LogP contribution is -2.50. The molecule has 1 aliphatic rings. The molecule has 1 fully saturated rings. The molecule has 0 amide bonds. The van der Waals surface area contributed by atoms with Crippen LogP contribution >= 0.6 is 0 Å². The Morgan fingerprint density at radius 3 is 2.55 bits per heavy atom. The predicted octanol–water partition coefficient (Wildman–Crippen LogP) is -0.370. The largest absolute Gasteiger partial charge is 0.540 e. The summed E-state index contributed by atoms with van der Waals surface area (Å²) in [6.45, 7) is 6.10. The van der Waals surface area contributed by atoms with Gasteiger partial charge in [0.2, 0.25) is 0 Å². The minimum absolute atomic E-state index is 0.330. The Morgan fingerprint density at radius 1 is 1.35 bits per heavy atom. The highest BCUT2D eigenvalue weighted by Crippen LogP contribution is 2.36. The fourth-order valence-corrected chi connectivity index (χ4v) is 2.21. The number of hydrogen-bond donors (Lipinski definition) is 1. The maximum absolute atomic E-state index is 11.8. The molecule has 0 bridgehead atoms. The summed E-state index contributed by atoms with van der Waals surface area (Å²) in [6, 6.07) is 7.10. The van der Waals surface area contributed by atoms with E-state index in [2.05, 4.69) is 0 Å². The molecule has 1 aromatic rings. The van der Waals surface area contributed by atoms with Gasteiger partial charge in [-0.05, 0) is 32.3 Å². The van der Waals surface area contributed by atoms with Crippen molar-refractivity contribution >= 4 is 26.6 Å². The van der Waals surface area contributed by atoms with Crippen LogP contribution < -0.4 is 11.2 Å². The van der Waals surface area contributed by atoms with Crippen molar-refractivity contribution in [2.24, 2.45) is 5.73 Å². The molecule has 20 heavy (non-hydrogen) atoms. The Bertz CT molecular complexity index is 523. The van der Waals surface area contributed by atoms with Crippen LogP contribution in [0.2, 0.25) is 0 Å². The third kappa shape index (κ3) is 2.37. The molecule has 0 aliphatic carbocycles. The summed E-state index contributed by atoms with van der Waals surface area (Å²) in [4.78, 5) is 11.8. The average Bonchev–Trinajstić information content (AvgIpc) is 2.69. The Hall–Kier alpha value is -1.30. The number of benzene rings is 1. The number of carbonyl (C=O) groups excluding carboxylic acids is 1. The van der Waals surface area contributed by atoms with E-state index < -0.39 is 24.3 Å². The van der Waals surface area contributed by atoms with Crippen LogP contribution in [0.1, 0.15) is 31.1 Å². The molecule has 106 valence electrons. The topological polar surface area (TPSA) is 70.8 Å². The fraction of sp³-hybridized carbons (Fsp3) is 0.462. The summed E-state index contributed by atoms with van der Waals surface area (Å²) >= 11 is 0. The highest BCUT2D eigenvalue weighted by molar-refractivity contribution is 6.63. The van der Waals surface area contributed by atoms with E-state index in [1.165, 1.54) is 8.05 Å². The molecular formula is C13H19B2NO4. The first kappa shape index (κ1) is 15.1. The minimum atomic E-state index is -0.631. The lowest BCUT2D eigenvalue weighted by Gasteiger charge is -2.35. The van der Waals surface area contributed by atoms with E-state index in [9.17, 15) is 4.79 Å². The van der Waals surface area contributed by atoms with Gasteiger partial charge in [-0.3, -0.25) is 0 Å². The summed E-state index contributed by atoms with van der Waals surface area (Å²) in [6.07, 6.45) is 0. The van der Waals surface area contributed by atoms with Gasteiger partial charge in [-0.15, -0.1) is 0 Å². The van der Waals surface area contributed by atoms with Crippen LogP contribution in [0, 0.1) is 0 Å². The average molecular weight is 275 g/mol. The smallest absolute Gasteiger partial charge is 0.495 e. The zero-order valence-electron chi connectivity index (χ0n) is 12.3. The second-order valence-electron chi connectivity index (χ2n) is 5.59. The first-order valence-corrected chi connectivity index (χ1v) is 6.57. The Morgan fingerprint density at radius 2 is 2.00 bits per heavy atom. The summed E-state index contributed by atoms with van der Waals surface area (Å²) < 4.78 is 16.7. The lowest BCUT2D eigenvalue weighted by molar-refractivity contribution is -0.00187. The molecule has 1 unspecified atom stereocenters. The molecule has 2 N–H and O–H groups in total. The van der Waals surface area contributed by atoms with E-state index in [4.69, 9.17) is 19.7 Å². The molecule has 5 nitrogen and oxygen atoms in total. The predicted molar refractivity (Wildman–Crippen MR) is 79.5 cm³/mol. The van der Waals surface area contributed by atoms with E-state index >= 15 is 0 Å². The summed E-state index contributed by atoms with van der Waals surface area (Å²) in [5, 5.41) is 0. The number of nitrogens with two attached hydrogens (primary N) is 1. The van der Waals surface area contributed by atoms with Crippen LogP contribution in [0.15, 0.2) is 24.3 Å². The Kier molecular flexibility index (Phi) is 3.95. The van der Waals surface area contributed by atoms with Crippen molar-refractivity contribution in [3.05, 3.63) is 29.8 Å². The molecular weight excluding hydrogens is 256 g/mol. The monoisotopic (exact) mass is 275 g/mol. The molecule has 1 aliphatic heterocycles. The molecule has 2 rings (SSSR count). The van der Waals surface area contributed by atoms with Crippen molar-refractivity contribution in [1.82, 2.24) is 0 Å². The summed E-state index contributed by atoms with van der Waals surface area (Å²) in [5.74, 6) is -0.410. The van der Waals surface area contributed by atoms with Gasteiger partial charge >= 0.3 is 21.1 Å². The maximum Gasteiger partial charge on any atom is 0.495 e. The van der Waals surface area contributed by atoms with Gasteiger partial charge in [-0.25, -0.2) is 4.79 Å². The van der Waals surface area contributed by atoms with Crippen molar-refractivity contribution < 1.29 is 18.8 Å². The van der Waals surface area contributed by atoms with Crippen LogP contribution in [-0.2, 0) is 14.0 Å². The Labute approximate surface area is 120 Å². The number of rotatable bonds is 3. The van der Waals surface area contributed by atoms with Gasteiger partial charge < -0.3 is 19.7 Å². The first-order valence-electron chi connectivity index (χ1n) is 6.57. The van der Waals surface area contributed by atoms with Gasteiger partial charge in [0, 0.05) is 6.54 Å². The van der Waals surface area contributed by atoms with Crippen molar-refractivity contribution in [3.63, 3.8) is 0 Å². The van der Waals surface area contributed by atoms with Crippen molar-refractivity contribution in [2.75, 3.05) is 6.54 Å². The highest BCUT2D eigenvalue weighted by Gasteiger charge is 2.54.